The lowest BCUT2D eigenvalue weighted by molar-refractivity contribution is 0.246. The van der Waals surface area contributed by atoms with Crippen LogP contribution in [-0.4, -0.2) is 17.1 Å². The molecule has 0 aliphatic rings. The number of rotatable bonds is 5. The first kappa shape index (κ1) is 16.8. The van der Waals surface area contributed by atoms with Crippen LogP contribution in [0.3, 0.4) is 0 Å². The summed E-state index contributed by atoms with van der Waals surface area (Å²) in [6, 6.07) is 7.76. The van der Waals surface area contributed by atoms with Gasteiger partial charge in [-0.25, -0.2) is 9.78 Å². The molecule has 0 bridgehead atoms. The van der Waals surface area contributed by atoms with Gasteiger partial charge in [0.25, 0.3) is 0 Å². The van der Waals surface area contributed by atoms with Crippen LogP contribution >= 0.6 is 23.1 Å². The number of thiazole rings is 1. The third-order valence-corrected chi connectivity index (χ3v) is 5.34. The van der Waals surface area contributed by atoms with Gasteiger partial charge in [-0.2, -0.15) is 0 Å². The number of hydrogen-bond donors (Lipinski definition) is 2. The molecule has 118 valence electrons. The Labute approximate surface area is 139 Å². The van der Waals surface area contributed by atoms with Gasteiger partial charge in [-0.3, -0.25) is 0 Å². The van der Waals surface area contributed by atoms with Crippen LogP contribution in [0.2, 0.25) is 0 Å². The van der Waals surface area contributed by atoms with E-state index in [1.165, 1.54) is 0 Å². The van der Waals surface area contributed by atoms with E-state index < -0.39 is 0 Å². The highest BCUT2D eigenvalue weighted by Gasteiger charge is 2.10. The summed E-state index contributed by atoms with van der Waals surface area (Å²) < 4.78 is 1.03. The molecule has 1 aromatic heterocycles. The number of hydrogen-bond acceptors (Lipinski definition) is 4. The topological polar surface area (TPSA) is 54.0 Å². The first-order chi connectivity index (χ1) is 10.4. The SMILES string of the molecule is Cc1csc(Sc2ccc(NC(=O)N[C@@H](C)C(C)C)cc2)n1. The quantitative estimate of drug-likeness (QED) is 0.827. The fourth-order valence-electron chi connectivity index (χ4n) is 1.63. The normalized spacial score (nSPS) is 12.2. The minimum Gasteiger partial charge on any atom is -0.335 e. The molecule has 0 radical (unpaired) electrons. The molecule has 1 atom stereocenters. The van der Waals surface area contributed by atoms with E-state index in [9.17, 15) is 4.79 Å². The Morgan fingerprint density at radius 1 is 1.23 bits per heavy atom. The molecule has 2 rings (SSSR count). The molecule has 4 nitrogen and oxygen atoms in total. The number of aromatic nitrogens is 1. The molecular formula is C16H21N3OS2. The monoisotopic (exact) mass is 335 g/mol. The third kappa shape index (κ3) is 5.03. The summed E-state index contributed by atoms with van der Waals surface area (Å²) in [6.07, 6.45) is 0. The van der Waals surface area contributed by atoms with Crippen molar-refractivity contribution in [1.82, 2.24) is 10.3 Å². The number of aryl methyl sites for hydroxylation is 1. The number of benzene rings is 1. The van der Waals surface area contributed by atoms with Crippen LogP contribution in [0.4, 0.5) is 10.5 Å². The van der Waals surface area contributed by atoms with E-state index in [-0.39, 0.29) is 12.1 Å². The Morgan fingerprint density at radius 2 is 1.91 bits per heavy atom. The molecule has 6 heteroatoms. The summed E-state index contributed by atoms with van der Waals surface area (Å²) in [5.41, 5.74) is 1.83. The Morgan fingerprint density at radius 3 is 2.45 bits per heavy atom. The summed E-state index contributed by atoms with van der Waals surface area (Å²) in [5.74, 6) is 0.409. The average molecular weight is 335 g/mol. The van der Waals surface area contributed by atoms with Crippen LogP contribution in [0.5, 0.6) is 0 Å². The predicted octanol–water partition coefficient (Wildman–Crippen LogP) is 4.77. The molecule has 0 unspecified atom stereocenters. The molecule has 0 fully saturated rings. The third-order valence-electron chi connectivity index (χ3n) is 3.27. The van der Waals surface area contributed by atoms with Crippen LogP contribution in [0.1, 0.15) is 26.5 Å². The van der Waals surface area contributed by atoms with Crippen molar-refractivity contribution in [3.8, 4) is 0 Å². The van der Waals surface area contributed by atoms with Gasteiger partial charge in [-0.1, -0.05) is 25.6 Å². The number of amides is 2. The molecule has 0 aliphatic carbocycles. The van der Waals surface area contributed by atoms with Crippen molar-refractivity contribution in [2.24, 2.45) is 5.92 Å². The fraction of sp³-hybridized carbons (Fsp3) is 0.375. The molecule has 22 heavy (non-hydrogen) atoms. The molecule has 1 aromatic carbocycles. The summed E-state index contributed by atoms with van der Waals surface area (Å²) in [7, 11) is 0. The van der Waals surface area contributed by atoms with Crippen molar-refractivity contribution in [2.75, 3.05) is 5.32 Å². The number of carbonyl (C=O) groups is 1. The molecule has 0 spiro atoms. The van der Waals surface area contributed by atoms with Gasteiger partial charge in [0.15, 0.2) is 4.34 Å². The van der Waals surface area contributed by atoms with Crippen LogP contribution < -0.4 is 10.6 Å². The lowest BCUT2D eigenvalue weighted by Crippen LogP contribution is -2.38. The van der Waals surface area contributed by atoms with E-state index in [1.807, 2.05) is 43.5 Å². The molecule has 0 saturated carbocycles. The predicted molar refractivity (Wildman–Crippen MR) is 93.9 cm³/mol. The molecule has 2 aromatic rings. The fourth-order valence-corrected chi connectivity index (χ4v) is 3.44. The molecular weight excluding hydrogens is 314 g/mol. The molecule has 2 N–H and O–H groups in total. The van der Waals surface area contributed by atoms with Crippen LogP contribution in [-0.2, 0) is 0 Å². The van der Waals surface area contributed by atoms with E-state index in [1.54, 1.807) is 23.1 Å². The number of nitrogens with one attached hydrogen (secondary N) is 2. The Bertz CT molecular complexity index is 623. The van der Waals surface area contributed by atoms with Crippen molar-refractivity contribution in [2.45, 2.75) is 43.0 Å². The maximum Gasteiger partial charge on any atom is 0.319 e. The molecule has 0 aliphatic heterocycles. The molecule has 1 heterocycles. The van der Waals surface area contributed by atoms with Gasteiger partial charge in [0.05, 0.1) is 0 Å². The van der Waals surface area contributed by atoms with E-state index in [0.717, 1.165) is 20.6 Å². The van der Waals surface area contributed by atoms with Crippen LogP contribution in [0.25, 0.3) is 0 Å². The van der Waals surface area contributed by atoms with Crippen molar-refractivity contribution in [1.29, 1.82) is 0 Å². The smallest absolute Gasteiger partial charge is 0.319 e. The minimum absolute atomic E-state index is 0.142. The van der Waals surface area contributed by atoms with Crippen molar-refractivity contribution in [3.63, 3.8) is 0 Å². The second-order valence-corrected chi connectivity index (χ2v) is 7.69. The van der Waals surface area contributed by atoms with Crippen molar-refractivity contribution >= 4 is 34.8 Å². The van der Waals surface area contributed by atoms with E-state index in [2.05, 4.69) is 29.5 Å². The second-order valence-electron chi connectivity index (χ2n) is 5.51. The summed E-state index contributed by atoms with van der Waals surface area (Å²) in [6.45, 7) is 8.15. The summed E-state index contributed by atoms with van der Waals surface area (Å²) in [5, 5.41) is 7.81. The van der Waals surface area contributed by atoms with E-state index in [4.69, 9.17) is 0 Å². The summed E-state index contributed by atoms with van der Waals surface area (Å²) in [4.78, 5) is 17.4. The zero-order valence-electron chi connectivity index (χ0n) is 13.2. The number of carbonyl (C=O) groups excluding carboxylic acids is 1. The van der Waals surface area contributed by atoms with E-state index in [0.29, 0.717) is 5.92 Å². The highest BCUT2D eigenvalue weighted by Crippen LogP contribution is 2.30. The van der Waals surface area contributed by atoms with Gasteiger partial charge in [0.1, 0.15) is 0 Å². The maximum absolute atomic E-state index is 11.9. The lowest BCUT2D eigenvalue weighted by atomic mass is 10.1. The first-order valence-electron chi connectivity index (χ1n) is 7.21. The van der Waals surface area contributed by atoms with Gasteiger partial charge in [0.2, 0.25) is 0 Å². The number of nitrogens with zero attached hydrogens (tertiary/aromatic N) is 1. The van der Waals surface area contributed by atoms with Crippen molar-refractivity contribution in [3.05, 3.63) is 35.3 Å². The Balaban J connectivity index is 1.90. The highest BCUT2D eigenvalue weighted by atomic mass is 32.2. The van der Waals surface area contributed by atoms with Gasteiger partial charge in [-0.15, -0.1) is 11.3 Å². The molecule has 0 saturated heterocycles. The second kappa shape index (κ2) is 7.65. The van der Waals surface area contributed by atoms with E-state index >= 15 is 0 Å². The highest BCUT2D eigenvalue weighted by molar-refractivity contribution is 8.01. The standard InChI is InChI=1S/C16H21N3OS2/c1-10(2)12(4)18-15(20)19-13-5-7-14(8-6-13)22-16-17-11(3)9-21-16/h5-10,12H,1-4H3,(H2,18,19,20)/t12-/m0/s1. The Hall–Kier alpha value is -1.53. The largest absolute Gasteiger partial charge is 0.335 e. The summed E-state index contributed by atoms with van der Waals surface area (Å²) >= 11 is 3.27. The van der Waals surface area contributed by atoms with Crippen LogP contribution in [0.15, 0.2) is 38.9 Å². The van der Waals surface area contributed by atoms with Crippen LogP contribution in [0, 0.1) is 12.8 Å². The lowest BCUT2D eigenvalue weighted by Gasteiger charge is -2.17. The van der Waals surface area contributed by atoms with Gasteiger partial charge in [-0.05, 0) is 44.0 Å². The van der Waals surface area contributed by atoms with Crippen molar-refractivity contribution < 1.29 is 4.79 Å². The van der Waals surface area contributed by atoms with Gasteiger partial charge >= 0.3 is 6.03 Å². The molecule has 2 amide bonds. The maximum atomic E-state index is 11.9. The number of urea groups is 1. The average Bonchev–Trinajstić information content (AvgIpc) is 2.86. The Kier molecular flexibility index (Phi) is 5.85. The zero-order valence-corrected chi connectivity index (χ0v) is 14.8. The first-order valence-corrected chi connectivity index (χ1v) is 8.91. The van der Waals surface area contributed by atoms with Gasteiger partial charge in [0, 0.05) is 27.7 Å². The zero-order chi connectivity index (χ0) is 16.1. The van der Waals surface area contributed by atoms with Gasteiger partial charge < -0.3 is 10.6 Å². The number of anilines is 1. The minimum atomic E-state index is -0.169.